The molecule has 0 saturated heterocycles. The first kappa shape index (κ1) is 22.9. The van der Waals surface area contributed by atoms with Gasteiger partial charge in [-0.25, -0.2) is 0 Å². The summed E-state index contributed by atoms with van der Waals surface area (Å²) in [6.07, 6.45) is 0.842. The summed E-state index contributed by atoms with van der Waals surface area (Å²) in [6, 6.07) is 13.0. The average Bonchev–Trinajstić information content (AvgIpc) is 2.70. The molecular weight excluding hydrogens is 432 g/mol. The number of ether oxygens (including phenoxy) is 1. The Bertz CT molecular complexity index is 837. The number of aryl methyl sites for hydroxylation is 2. The van der Waals surface area contributed by atoms with Crippen molar-refractivity contribution in [3.8, 4) is 5.75 Å². The van der Waals surface area contributed by atoms with E-state index in [1.165, 1.54) is 0 Å². The van der Waals surface area contributed by atoms with Crippen LogP contribution in [0.25, 0.3) is 0 Å². The van der Waals surface area contributed by atoms with Crippen molar-refractivity contribution in [3.63, 3.8) is 0 Å². The molecule has 0 bridgehead atoms. The molecule has 0 aromatic heterocycles. The van der Waals surface area contributed by atoms with E-state index in [4.69, 9.17) is 4.74 Å². The molecule has 1 atom stereocenters. The molecule has 0 radical (unpaired) electrons. The number of amides is 2. The van der Waals surface area contributed by atoms with Crippen molar-refractivity contribution in [1.82, 2.24) is 10.2 Å². The molecule has 0 unspecified atom stereocenters. The fourth-order valence-corrected chi connectivity index (χ4v) is 3.21. The number of nitrogens with zero attached hydrogens (tertiary/aromatic N) is 1. The Labute approximate surface area is 181 Å². The maximum absolute atomic E-state index is 13.0. The summed E-state index contributed by atoms with van der Waals surface area (Å²) in [7, 11) is 0. The van der Waals surface area contributed by atoms with Crippen LogP contribution in [0.5, 0.6) is 5.75 Å². The van der Waals surface area contributed by atoms with E-state index in [0.717, 1.165) is 27.6 Å². The highest BCUT2D eigenvalue weighted by Gasteiger charge is 2.26. The number of benzene rings is 2. The van der Waals surface area contributed by atoms with Crippen LogP contribution in [0.1, 0.15) is 37.0 Å². The lowest BCUT2D eigenvalue weighted by Gasteiger charge is -2.29. The maximum atomic E-state index is 13.0. The molecule has 2 amide bonds. The summed E-state index contributed by atoms with van der Waals surface area (Å²) < 4.78 is 6.74. The van der Waals surface area contributed by atoms with Gasteiger partial charge in [0.05, 0.1) is 0 Å². The van der Waals surface area contributed by atoms with E-state index < -0.39 is 6.04 Å². The lowest BCUT2D eigenvalue weighted by atomic mass is 10.1. The van der Waals surface area contributed by atoms with Crippen molar-refractivity contribution in [3.05, 3.63) is 63.6 Å². The van der Waals surface area contributed by atoms with E-state index in [-0.39, 0.29) is 18.4 Å². The monoisotopic (exact) mass is 460 g/mol. The Hall–Kier alpha value is -2.34. The predicted octanol–water partition coefficient (Wildman–Crippen LogP) is 4.39. The second-order valence-corrected chi connectivity index (χ2v) is 8.09. The SMILES string of the molecule is CCCNC(=O)[C@@H](C)N(Cc1ccc(Br)cc1)C(=O)COc1ccc(C)cc1C. The van der Waals surface area contributed by atoms with E-state index in [0.29, 0.717) is 18.8 Å². The highest BCUT2D eigenvalue weighted by atomic mass is 79.9. The van der Waals surface area contributed by atoms with Crippen molar-refractivity contribution in [2.24, 2.45) is 0 Å². The van der Waals surface area contributed by atoms with Gasteiger partial charge in [0, 0.05) is 17.6 Å². The summed E-state index contributed by atoms with van der Waals surface area (Å²) in [6.45, 7) is 8.51. The molecule has 29 heavy (non-hydrogen) atoms. The zero-order valence-corrected chi connectivity index (χ0v) is 19.1. The third-order valence-corrected chi connectivity index (χ3v) is 5.19. The van der Waals surface area contributed by atoms with E-state index >= 15 is 0 Å². The second-order valence-electron chi connectivity index (χ2n) is 7.17. The quantitative estimate of drug-likeness (QED) is 0.603. The average molecular weight is 461 g/mol. The molecule has 0 aliphatic rings. The number of carbonyl (C=O) groups is 2. The van der Waals surface area contributed by atoms with Gasteiger partial charge in [0.2, 0.25) is 5.91 Å². The van der Waals surface area contributed by atoms with Crippen molar-refractivity contribution >= 4 is 27.7 Å². The topological polar surface area (TPSA) is 58.6 Å². The molecule has 0 fully saturated rings. The number of halogens is 1. The van der Waals surface area contributed by atoms with Crippen molar-refractivity contribution in [2.75, 3.05) is 13.2 Å². The molecule has 0 aliphatic carbocycles. The zero-order chi connectivity index (χ0) is 21.4. The largest absolute Gasteiger partial charge is 0.483 e. The molecule has 0 heterocycles. The van der Waals surface area contributed by atoms with E-state index in [2.05, 4.69) is 21.2 Å². The minimum absolute atomic E-state index is 0.119. The molecule has 0 spiro atoms. The first-order valence-electron chi connectivity index (χ1n) is 9.83. The molecule has 2 aromatic rings. The molecule has 2 aromatic carbocycles. The predicted molar refractivity (Wildman–Crippen MR) is 119 cm³/mol. The lowest BCUT2D eigenvalue weighted by molar-refractivity contribution is -0.142. The highest BCUT2D eigenvalue weighted by molar-refractivity contribution is 9.10. The van der Waals surface area contributed by atoms with Gasteiger partial charge in [-0.1, -0.05) is 52.7 Å². The first-order valence-corrected chi connectivity index (χ1v) is 10.6. The number of rotatable bonds is 9. The van der Waals surface area contributed by atoms with E-state index in [1.54, 1.807) is 11.8 Å². The standard InChI is InChI=1S/C23H29BrN2O3/c1-5-12-25-23(28)18(4)26(14-19-7-9-20(24)10-8-19)22(27)15-29-21-11-6-16(2)13-17(21)3/h6-11,13,18H,5,12,14-15H2,1-4H3,(H,25,28)/t18-/m1/s1. The lowest BCUT2D eigenvalue weighted by Crippen LogP contribution is -2.49. The summed E-state index contributed by atoms with van der Waals surface area (Å²) in [4.78, 5) is 27.1. The molecule has 5 nitrogen and oxygen atoms in total. The van der Waals surface area contributed by atoms with Crippen molar-refractivity contribution in [2.45, 2.75) is 46.7 Å². The fourth-order valence-electron chi connectivity index (χ4n) is 2.95. The highest BCUT2D eigenvalue weighted by Crippen LogP contribution is 2.19. The smallest absolute Gasteiger partial charge is 0.261 e. The van der Waals surface area contributed by atoms with Gasteiger partial charge >= 0.3 is 0 Å². The molecular formula is C23H29BrN2O3. The molecule has 0 saturated carbocycles. The molecule has 1 N–H and O–H groups in total. The van der Waals surface area contributed by atoms with Gasteiger partial charge in [-0.2, -0.15) is 0 Å². The van der Waals surface area contributed by atoms with Gasteiger partial charge < -0.3 is 15.0 Å². The van der Waals surface area contributed by atoms with Gasteiger partial charge in [-0.05, 0) is 56.5 Å². The summed E-state index contributed by atoms with van der Waals surface area (Å²) in [5, 5.41) is 2.87. The van der Waals surface area contributed by atoms with Gasteiger partial charge in [0.25, 0.3) is 5.91 Å². The van der Waals surface area contributed by atoms with Crippen LogP contribution in [0.4, 0.5) is 0 Å². The van der Waals surface area contributed by atoms with Crippen LogP contribution in [-0.4, -0.2) is 35.9 Å². The van der Waals surface area contributed by atoms with Crippen molar-refractivity contribution in [1.29, 1.82) is 0 Å². The normalized spacial score (nSPS) is 11.6. The minimum Gasteiger partial charge on any atom is -0.483 e. The van der Waals surface area contributed by atoms with E-state index in [1.807, 2.05) is 63.2 Å². The van der Waals surface area contributed by atoms with E-state index in [9.17, 15) is 9.59 Å². The third-order valence-electron chi connectivity index (χ3n) is 4.66. The Morgan fingerprint density at radius 2 is 1.83 bits per heavy atom. The molecule has 156 valence electrons. The van der Waals surface area contributed by atoms with Crippen LogP contribution in [0.3, 0.4) is 0 Å². The molecule has 6 heteroatoms. The molecule has 0 aliphatic heterocycles. The second kappa shape index (κ2) is 11.0. The number of nitrogens with one attached hydrogen (secondary N) is 1. The van der Waals surface area contributed by atoms with Crippen LogP contribution in [0, 0.1) is 13.8 Å². The third kappa shape index (κ3) is 6.89. The maximum Gasteiger partial charge on any atom is 0.261 e. The minimum atomic E-state index is -0.597. The van der Waals surface area contributed by atoms with Crippen LogP contribution in [0.2, 0.25) is 0 Å². The van der Waals surface area contributed by atoms with Crippen molar-refractivity contribution < 1.29 is 14.3 Å². The number of hydrogen-bond acceptors (Lipinski definition) is 3. The first-order chi connectivity index (χ1) is 13.8. The van der Waals surface area contributed by atoms with Crippen LogP contribution >= 0.6 is 15.9 Å². The van der Waals surface area contributed by atoms with Gasteiger partial charge in [0.1, 0.15) is 11.8 Å². The Morgan fingerprint density at radius 1 is 1.14 bits per heavy atom. The summed E-state index contributed by atoms with van der Waals surface area (Å²) in [5.74, 6) is 0.284. The Kier molecular flexibility index (Phi) is 8.70. The fraction of sp³-hybridized carbons (Fsp3) is 0.391. The molecule has 2 rings (SSSR count). The van der Waals surface area contributed by atoms with Crippen LogP contribution in [-0.2, 0) is 16.1 Å². The summed E-state index contributed by atoms with van der Waals surface area (Å²) >= 11 is 3.42. The zero-order valence-electron chi connectivity index (χ0n) is 17.5. The number of carbonyl (C=O) groups excluding carboxylic acids is 2. The van der Waals surface area contributed by atoms with Crippen LogP contribution < -0.4 is 10.1 Å². The van der Waals surface area contributed by atoms with Gasteiger partial charge in [0.15, 0.2) is 6.61 Å². The van der Waals surface area contributed by atoms with Gasteiger partial charge in [-0.3, -0.25) is 9.59 Å². The Balaban J connectivity index is 2.14. The van der Waals surface area contributed by atoms with Crippen LogP contribution in [0.15, 0.2) is 46.9 Å². The van der Waals surface area contributed by atoms with Gasteiger partial charge in [-0.15, -0.1) is 0 Å². The number of hydrogen-bond donors (Lipinski definition) is 1. The Morgan fingerprint density at radius 3 is 2.45 bits per heavy atom. The summed E-state index contributed by atoms with van der Waals surface area (Å²) in [5.41, 5.74) is 3.06.